The number of aryl methyl sites for hydroxylation is 2. The number of nitrogens with zero attached hydrogens (tertiary/aromatic N) is 2. The van der Waals surface area contributed by atoms with Crippen molar-refractivity contribution in [1.82, 2.24) is 9.88 Å². The molecule has 0 bridgehead atoms. The molecule has 0 radical (unpaired) electrons. The van der Waals surface area contributed by atoms with Gasteiger partial charge in [0.05, 0.1) is 5.02 Å². The zero-order valence-electron chi connectivity index (χ0n) is 20.7. The minimum atomic E-state index is -3.56. The summed E-state index contributed by atoms with van der Waals surface area (Å²) < 4.78 is 79.5. The highest BCUT2D eigenvalue weighted by molar-refractivity contribution is 6.31. The SMILES string of the molecule is [2H]C([2H])(CCc1ccc(C)cn1)C1(F)C([2H])([2H])CN(C(=O)c2ccc(F)c(Cl)c2)CC1([2H])[2H]. The van der Waals surface area contributed by atoms with E-state index in [1.54, 1.807) is 18.3 Å². The highest BCUT2D eigenvalue weighted by Gasteiger charge is 2.35. The van der Waals surface area contributed by atoms with Crippen molar-refractivity contribution in [3.63, 3.8) is 0 Å². The summed E-state index contributed by atoms with van der Waals surface area (Å²) in [6, 6.07) is 6.48. The number of amides is 1. The van der Waals surface area contributed by atoms with E-state index in [0.717, 1.165) is 28.7 Å². The first-order valence-electron chi connectivity index (χ1n) is 11.5. The molecule has 144 valence electrons. The molecule has 0 aliphatic carbocycles. The Labute approximate surface area is 171 Å². The Bertz CT molecular complexity index is 1030. The number of likely N-dealkylation sites (tertiary alicyclic amines) is 1. The summed E-state index contributed by atoms with van der Waals surface area (Å²) in [7, 11) is 0. The minimum absolute atomic E-state index is 0.0260. The van der Waals surface area contributed by atoms with E-state index in [-0.39, 0.29) is 17.0 Å². The van der Waals surface area contributed by atoms with Crippen LogP contribution in [0.3, 0.4) is 0 Å². The Morgan fingerprint density at radius 1 is 1.37 bits per heavy atom. The average Bonchev–Trinajstić information content (AvgIpc) is 2.72. The van der Waals surface area contributed by atoms with E-state index in [4.69, 9.17) is 19.8 Å². The lowest BCUT2D eigenvalue weighted by Crippen LogP contribution is -2.44. The van der Waals surface area contributed by atoms with Gasteiger partial charge < -0.3 is 4.90 Å². The fourth-order valence-electron chi connectivity index (χ4n) is 2.62. The Morgan fingerprint density at radius 2 is 2.11 bits per heavy atom. The van der Waals surface area contributed by atoms with Crippen LogP contribution in [0.1, 0.15) is 55.4 Å². The van der Waals surface area contributed by atoms with Gasteiger partial charge in [0.15, 0.2) is 0 Å². The molecular formula is C21H23ClF2N2O. The van der Waals surface area contributed by atoms with Crippen LogP contribution >= 0.6 is 11.6 Å². The Morgan fingerprint density at radius 3 is 2.74 bits per heavy atom. The van der Waals surface area contributed by atoms with Gasteiger partial charge in [-0.15, -0.1) is 0 Å². The summed E-state index contributed by atoms with van der Waals surface area (Å²) in [6.07, 6.45) is -8.03. The summed E-state index contributed by atoms with van der Waals surface area (Å²) in [5.41, 5.74) is -2.33. The maximum Gasteiger partial charge on any atom is 0.253 e. The number of rotatable bonds is 5. The quantitative estimate of drug-likeness (QED) is 0.697. The second-order valence-corrected chi connectivity index (χ2v) is 6.71. The fraction of sp³-hybridized carbons (Fsp3) is 0.429. The molecule has 3 nitrogen and oxygen atoms in total. The number of aromatic nitrogens is 1. The zero-order chi connectivity index (χ0) is 24.8. The van der Waals surface area contributed by atoms with Gasteiger partial charge in [0, 0.05) is 38.8 Å². The summed E-state index contributed by atoms with van der Waals surface area (Å²) in [6.45, 7) is 0.0445. The van der Waals surface area contributed by atoms with E-state index in [1.165, 1.54) is 0 Å². The second kappa shape index (κ2) is 8.34. The maximum absolute atomic E-state index is 16.3. The van der Waals surface area contributed by atoms with Crippen molar-refractivity contribution in [3.8, 4) is 0 Å². The first-order chi connectivity index (χ1) is 15.1. The van der Waals surface area contributed by atoms with Crippen LogP contribution in [0.5, 0.6) is 0 Å². The molecule has 0 atom stereocenters. The third kappa shape index (κ3) is 5.04. The lowest BCUT2D eigenvalue weighted by atomic mass is 9.87. The van der Waals surface area contributed by atoms with Gasteiger partial charge in [0.2, 0.25) is 0 Å². The van der Waals surface area contributed by atoms with Crippen molar-refractivity contribution in [2.45, 2.75) is 44.6 Å². The lowest BCUT2D eigenvalue weighted by Gasteiger charge is -2.36. The van der Waals surface area contributed by atoms with E-state index in [0.29, 0.717) is 5.69 Å². The highest BCUT2D eigenvalue weighted by Crippen LogP contribution is 2.32. The molecule has 0 saturated carbocycles. The van der Waals surface area contributed by atoms with E-state index in [9.17, 15) is 9.18 Å². The lowest BCUT2D eigenvalue weighted by molar-refractivity contribution is 0.0389. The third-order valence-electron chi connectivity index (χ3n) is 4.20. The van der Waals surface area contributed by atoms with Gasteiger partial charge in [-0.05, 0) is 68.7 Å². The molecule has 2 aromatic rings. The van der Waals surface area contributed by atoms with E-state index >= 15 is 4.39 Å². The predicted octanol–water partition coefficient (Wildman–Crippen LogP) is 5.15. The number of carbonyl (C=O) groups excluding carboxylic acids is 1. The molecule has 2 heterocycles. The molecule has 3 rings (SSSR count). The number of pyridine rings is 1. The van der Waals surface area contributed by atoms with Crippen molar-refractivity contribution < 1.29 is 21.8 Å². The first-order valence-corrected chi connectivity index (χ1v) is 8.84. The molecule has 1 aromatic carbocycles. The number of halogens is 3. The zero-order valence-corrected chi connectivity index (χ0v) is 15.5. The number of hydrogen-bond acceptors (Lipinski definition) is 2. The molecule has 0 unspecified atom stereocenters. The topological polar surface area (TPSA) is 33.2 Å². The standard InChI is InChI=1S/C21H23ClF2N2O/c1-15-4-6-17(25-14-15)3-2-8-21(24)9-11-26(12-10-21)20(27)16-5-7-19(23)18(22)13-16/h4-7,13-14H,2-3,8-12H2,1H3/i8D2,9D2,10D2. The summed E-state index contributed by atoms with van der Waals surface area (Å²) in [4.78, 5) is 17.7. The van der Waals surface area contributed by atoms with Crippen LogP contribution in [0.25, 0.3) is 0 Å². The van der Waals surface area contributed by atoms with Gasteiger partial charge in [-0.1, -0.05) is 17.7 Å². The van der Waals surface area contributed by atoms with Crippen LogP contribution in [0.15, 0.2) is 36.5 Å². The molecule has 1 amide bonds. The van der Waals surface area contributed by atoms with E-state index in [1.807, 2.05) is 6.92 Å². The van der Waals surface area contributed by atoms with Crippen LogP contribution in [0, 0.1) is 12.7 Å². The van der Waals surface area contributed by atoms with E-state index < -0.39 is 56.0 Å². The number of piperidine rings is 1. The van der Waals surface area contributed by atoms with Crippen LogP contribution in [0.2, 0.25) is 5.02 Å². The van der Waals surface area contributed by atoms with Gasteiger partial charge in [-0.2, -0.15) is 0 Å². The number of benzene rings is 1. The van der Waals surface area contributed by atoms with Crippen molar-refractivity contribution >= 4 is 17.5 Å². The summed E-state index contributed by atoms with van der Waals surface area (Å²) >= 11 is 5.70. The van der Waals surface area contributed by atoms with Gasteiger partial charge in [0.25, 0.3) is 5.91 Å². The third-order valence-corrected chi connectivity index (χ3v) is 4.49. The largest absolute Gasteiger partial charge is 0.338 e. The molecule has 6 heteroatoms. The van der Waals surface area contributed by atoms with Crippen molar-refractivity contribution in [2.24, 2.45) is 0 Å². The minimum Gasteiger partial charge on any atom is -0.338 e. The van der Waals surface area contributed by atoms with Crippen LogP contribution in [-0.2, 0) is 6.42 Å². The molecule has 1 aliphatic rings. The van der Waals surface area contributed by atoms with E-state index in [2.05, 4.69) is 4.98 Å². The molecule has 0 spiro atoms. The summed E-state index contributed by atoms with van der Waals surface area (Å²) in [5, 5.41) is -0.343. The molecule has 27 heavy (non-hydrogen) atoms. The van der Waals surface area contributed by atoms with Gasteiger partial charge in [-0.3, -0.25) is 9.78 Å². The number of alkyl halides is 1. The molecule has 1 saturated heterocycles. The molecule has 1 aromatic heterocycles. The highest BCUT2D eigenvalue weighted by atomic mass is 35.5. The molecular weight excluding hydrogens is 370 g/mol. The first kappa shape index (κ1) is 13.2. The predicted molar refractivity (Wildman–Crippen MR) is 102 cm³/mol. The molecule has 1 fully saturated rings. The maximum atomic E-state index is 16.3. The van der Waals surface area contributed by atoms with Crippen molar-refractivity contribution in [3.05, 3.63) is 64.2 Å². The second-order valence-electron chi connectivity index (χ2n) is 6.31. The molecule has 0 N–H and O–H groups in total. The smallest absolute Gasteiger partial charge is 0.253 e. The van der Waals surface area contributed by atoms with Gasteiger partial charge in [-0.25, -0.2) is 8.78 Å². The van der Waals surface area contributed by atoms with Crippen LogP contribution in [0.4, 0.5) is 8.78 Å². The fourth-order valence-corrected chi connectivity index (χ4v) is 2.80. The molecule has 1 aliphatic heterocycles. The Kier molecular flexibility index (Phi) is 4.08. The van der Waals surface area contributed by atoms with Crippen LogP contribution in [-0.4, -0.2) is 34.5 Å². The monoisotopic (exact) mass is 398 g/mol. The van der Waals surface area contributed by atoms with Crippen molar-refractivity contribution in [2.75, 3.05) is 13.1 Å². The number of carbonyl (C=O) groups is 1. The van der Waals surface area contributed by atoms with Crippen molar-refractivity contribution in [1.29, 1.82) is 0 Å². The van der Waals surface area contributed by atoms with Gasteiger partial charge >= 0.3 is 0 Å². The van der Waals surface area contributed by atoms with Gasteiger partial charge in [0.1, 0.15) is 11.5 Å². The van der Waals surface area contributed by atoms with Crippen LogP contribution < -0.4 is 0 Å². The number of hydrogen-bond donors (Lipinski definition) is 0. The summed E-state index contributed by atoms with van der Waals surface area (Å²) in [5.74, 6) is -1.63. The normalized spacial score (nSPS) is 23.9. The Hall–Kier alpha value is -2.01. The Balaban J connectivity index is 1.87. The average molecular weight is 399 g/mol.